The molecule has 0 radical (unpaired) electrons. The van der Waals surface area contributed by atoms with E-state index in [4.69, 9.17) is 14.2 Å². The molecule has 0 aliphatic carbocycles. The van der Waals surface area contributed by atoms with E-state index in [0.29, 0.717) is 50.3 Å². The zero-order valence-corrected chi connectivity index (χ0v) is 30.0. The number of hydrogen-bond donors (Lipinski definition) is 3. The van der Waals surface area contributed by atoms with Gasteiger partial charge in [0.15, 0.2) is 21.4 Å². The lowest BCUT2D eigenvalue weighted by Gasteiger charge is -2.25. The summed E-state index contributed by atoms with van der Waals surface area (Å²) in [6.07, 6.45) is 0.922. The first kappa shape index (κ1) is 40.2. The summed E-state index contributed by atoms with van der Waals surface area (Å²) in [4.78, 5) is 26.5. The highest BCUT2D eigenvalue weighted by molar-refractivity contribution is 7.92. The van der Waals surface area contributed by atoms with E-state index in [1.165, 1.54) is 6.92 Å². The van der Waals surface area contributed by atoms with Gasteiger partial charge in [0.2, 0.25) is 5.91 Å². The van der Waals surface area contributed by atoms with Gasteiger partial charge in [-0.2, -0.15) is 0 Å². The van der Waals surface area contributed by atoms with Crippen LogP contribution in [0.5, 0.6) is 11.5 Å². The number of carbonyl (C=O) groups excluding carboxylic acids is 2. The van der Waals surface area contributed by atoms with Crippen LogP contribution in [0, 0.1) is 18.6 Å². The van der Waals surface area contributed by atoms with Gasteiger partial charge in [-0.3, -0.25) is 4.79 Å². The topological polar surface area (TPSA) is 132 Å². The Morgan fingerprint density at radius 1 is 0.900 bits per heavy atom. The minimum Gasteiger partial charge on any atom is -0.497 e. The lowest BCUT2D eigenvalue weighted by Crippen LogP contribution is -2.53. The zero-order chi connectivity index (χ0) is 36.5. The number of aryl methyl sites for hydroxylation is 1. The maximum Gasteiger partial charge on any atom is 0.408 e. The van der Waals surface area contributed by atoms with Crippen molar-refractivity contribution in [3.05, 3.63) is 95.1 Å². The van der Waals surface area contributed by atoms with E-state index in [0.717, 1.165) is 17.4 Å². The number of benzene rings is 3. The Morgan fingerprint density at radius 3 is 2.26 bits per heavy atom. The summed E-state index contributed by atoms with van der Waals surface area (Å²) in [5, 5.41) is 7.68. The first-order valence-electron chi connectivity index (χ1n) is 16.9. The second-order valence-electron chi connectivity index (χ2n) is 12.1. The molecule has 274 valence electrons. The number of sulfone groups is 1. The molecule has 3 aromatic carbocycles. The fraction of sp³-hybridized carbons (Fsp3) is 0.459. The Kier molecular flexibility index (Phi) is 16.4. The van der Waals surface area contributed by atoms with Crippen molar-refractivity contribution < 1.29 is 41.0 Å². The lowest BCUT2D eigenvalue weighted by molar-refractivity contribution is -0.122. The van der Waals surface area contributed by atoms with Gasteiger partial charge in [0, 0.05) is 12.6 Å². The van der Waals surface area contributed by atoms with Gasteiger partial charge in [-0.25, -0.2) is 22.0 Å². The van der Waals surface area contributed by atoms with E-state index in [9.17, 15) is 26.8 Å². The van der Waals surface area contributed by atoms with E-state index >= 15 is 0 Å². The molecule has 0 saturated carbocycles. The molecule has 0 unspecified atom stereocenters. The number of methoxy groups -OCH3 is 1. The highest BCUT2D eigenvalue weighted by atomic mass is 32.2. The normalized spacial score (nSPS) is 12.6. The van der Waals surface area contributed by atoms with E-state index in [1.54, 1.807) is 31.4 Å². The number of hydrogen-bond acceptors (Lipinski definition) is 8. The van der Waals surface area contributed by atoms with Gasteiger partial charge < -0.3 is 30.2 Å². The van der Waals surface area contributed by atoms with Crippen molar-refractivity contribution in [3.63, 3.8) is 0 Å². The second kappa shape index (κ2) is 20.4. The van der Waals surface area contributed by atoms with Crippen molar-refractivity contribution in [1.29, 1.82) is 0 Å². The summed E-state index contributed by atoms with van der Waals surface area (Å²) in [6.45, 7) is 5.65. The van der Waals surface area contributed by atoms with E-state index in [-0.39, 0.29) is 31.0 Å². The number of carbonyl (C=O) groups is 2. The number of alkyl carbamates (subject to hydrolysis) is 1. The molecule has 13 heteroatoms. The molecule has 0 bridgehead atoms. The van der Waals surface area contributed by atoms with Gasteiger partial charge in [-0.15, -0.1) is 0 Å². The van der Waals surface area contributed by atoms with Crippen molar-refractivity contribution in [2.75, 3.05) is 32.5 Å². The van der Waals surface area contributed by atoms with Crippen LogP contribution in [0.1, 0.15) is 56.2 Å². The Labute approximate surface area is 294 Å². The van der Waals surface area contributed by atoms with Crippen LogP contribution in [0.15, 0.2) is 66.7 Å². The van der Waals surface area contributed by atoms with Crippen molar-refractivity contribution in [2.45, 2.75) is 76.9 Å². The molecule has 3 N–H and O–H groups in total. The summed E-state index contributed by atoms with van der Waals surface area (Å²) < 4.78 is 72.2. The quantitative estimate of drug-likeness (QED) is 0.121. The number of halogens is 2. The summed E-state index contributed by atoms with van der Waals surface area (Å²) >= 11 is 0. The fourth-order valence-corrected chi connectivity index (χ4v) is 7.59. The Morgan fingerprint density at radius 2 is 1.60 bits per heavy atom. The van der Waals surface area contributed by atoms with E-state index < -0.39 is 56.6 Å². The molecular weight excluding hydrogens is 668 g/mol. The average molecular weight is 718 g/mol. The highest BCUT2D eigenvalue weighted by Crippen LogP contribution is 2.25. The average Bonchev–Trinajstić information content (AvgIpc) is 3.09. The summed E-state index contributed by atoms with van der Waals surface area (Å²) in [7, 11) is -2.24. The first-order chi connectivity index (χ1) is 23.9. The summed E-state index contributed by atoms with van der Waals surface area (Å²) in [5.41, 5.74) is 1.95. The molecule has 0 aromatic heterocycles. The standard InChI is InChI=1S/C37H49F2N3O7S/c1-5-11-32(12-6-2)50(45,46)25-34(42-37(44)48-24-28-13-8-7-9-14-28)36(43)41-23-31(49-35-26(3)19-29(38)21-33(35)39)22-40-18-17-27-15-10-16-30(20-27)47-4/h7-10,13-16,19-21,31-32,34,40H,5-6,11-12,17-18,22-25H2,1-4H3,(H,41,43)(H,42,44)/t31-,34+/m1/s1. The van der Waals surface area contributed by atoms with Gasteiger partial charge in [-0.05, 0) is 67.6 Å². The molecule has 2 atom stereocenters. The van der Waals surface area contributed by atoms with Gasteiger partial charge in [0.25, 0.3) is 0 Å². The van der Waals surface area contributed by atoms with Gasteiger partial charge in [0.1, 0.15) is 30.3 Å². The third kappa shape index (κ3) is 13.2. The second-order valence-corrected chi connectivity index (χ2v) is 14.4. The van der Waals surface area contributed by atoms with E-state index in [2.05, 4.69) is 16.0 Å². The Hall–Kier alpha value is -4.23. The van der Waals surface area contributed by atoms with Gasteiger partial charge in [0.05, 0.1) is 24.7 Å². The van der Waals surface area contributed by atoms with Crippen LogP contribution < -0.4 is 25.4 Å². The molecule has 0 heterocycles. The number of rotatable bonds is 21. The number of ether oxygens (including phenoxy) is 3. The molecule has 50 heavy (non-hydrogen) atoms. The number of amides is 2. The van der Waals surface area contributed by atoms with Crippen molar-refractivity contribution >= 4 is 21.8 Å². The molecule has 0 aliphatic heterocycles. The summed E-state index contributed by atoms with van der Waals surface area (Å²) in [6, 6.07) is 16.9. The third-order valence-corrected chi connectivity index (χ3v) is 10.3. The molecule has 3 rings (SSSR count). The molecule has 10 nitrogen and oxygen atoms in total. The fourth-order valence-electron chi connectivity index (χ4n) is 5.43. The molecule has 0 spiro atoms. The first-order valence-corrected chi connectivity index (χ1v) is 18.6. The van der Waals surface area contributed by atoms with Gasteiger partial charge >= 0.3 is 6.09 Å². The molecule has 0 aliphatic rings. The zero-order valence-electron chi connectivity index (χ0n) is 29.2. The van der Waals surface area contributed by atoms with Crippen LogP contribution in [-0.2, 0) is 32.4 Å². The van der Waals surface area contributed by atoms with Crippen molar-refractivity contribution in [2.24, 2.45) is 0 Å². The number of nitrogens with one attached hydrogen (secondary N) is 3. The molecule has 3 aromatic rings. The van der Waals surface area contributed by atoms with E-state index in [1.807, 2.05) is 44.2 Å². The molecular formula is C37H49F2N3O7S. The maximum atomic E-state index is 14.8. The third-order valence-electron chi connectivity index (χ3n) is 8.03. The minimum absolute atomic E-state index is 0.0814. The Bertz CT molecular complexity index is 1600. The maximum absolute atomic E-state index is 14.8. The van der Waals surface area contributed by atoms with Crippen LogP contribution in [0.2, 0.25) is 0 Å². The largest absolute Gasteiger partial charge is 0.497 e. The van der Waals surface area contributed by atoms with Crippen LogP contribution in [0.3, 0.4) is 0 Å². The predicted octanol–water partition coefficient (Wildman–Crippen LogP) is 5.66. The SMILES string of the molecule is CCCC(CCC)S(=O)(=O)C[C@H](NC(=O)OCc1ccccc1)C(=O)NC[C@@H](CNCCc1cccc(OC)c1)Oc1c(C)cc(F)cc1F. The monoisotopic (exact) mass is 717 g/mol. The van der Waals surface area contributed by atoms with Crippen LogP contribution >= 0.6 is 0 Å². The molecule has 0 fully saturated rings. The predicted molar refractivity (Wildman–Crippen MR) is 189 cm³/mol. The summed E-state index contributed by atoms with van der Waals surface area (Å²) in [5.74, 6) is -2.53. The van der Waals surface area contributed by atoms with Crippen LogP contribution in [0.4, 0.5) is 13.6 Å². The Balaban J connectivity index is 1.76. The minimum atomic E-state index is -3.82. The van der Waals surface area contributed by atoms with Crippen molar-refractivity contribution in [1.82, 2.24) is 16.0 Å². The van der Waals surface area contributed by atoms with Crippen LogP contribution in [-0.4, -0.2) is 70.3 Å². The van der Waals surface area contributed by atoms with Crippen molar-refractivity contribution in [3.8, 4) is 11.5 Å². The molecule has 2 amide bonds. The lowest BCUT2D eigenvalue weighted by atomic mass is 10.1. The molecule has 0 saturated heterocycles. The van der Waals surface area contributed by atoms with Crippen LogP contribution in [0.25, 0.3) is 0 Å². The van der Waals surface area contributed by atoms with Gasteiger partial charge in [-0.1, -0.05) is 69.2 Å². The highest BCUT2D eigenvalue weighted by Gasteiger charge is 2.33. The smallest absolute Gasteiger partial charge is 0.408 e.